The number of nitrogens with one attached hydrogen (secondary N) is 1. The fourth-order valence-electron chi connectivity index (χ4n) is 1.42. The second kappa shape index (κ2) is 6.30. The van der Waals surface area contributed by atoms with Gasteiger partial charge in [-0.3, -0.25) is 4.79 Å². The van der Waals surface area contributed by atoms with E-state index in [-0.39, 0.29) is 17.4 Å². The van der Waals surface area contributed by atoms with Gasteiger partial charge in [-0.05, 0) is 13.0 Å². The number of halogens is 2. The standard InChI is InChI=1S/C12H16F2N2O2/c1-7(3-4-15)12(17)16-10-5-9(14)11(18-2)6-8(10)13/h5-7H,3-4,15H2,1-2H3,(H,16,17). The smallest absolute Gasteiger partial charge is 0.227 e. The zero-order chi connectivity index (χ0) is 13.7. The molecular formula is C12H16F2N2O2. The van der Waals surface area contributed by atoms with Gasteiger partial charge in [-0.1, -0.05) is 6.92 Å². The predicted octanol–water partition coefficient (Wildman–Crippen LogP) is 1.90. The number of hydrogen-bond acceptors (Lipinski definition) is 3. The van der Waals surface area contributed by atoms with Crippen molar-refractivity contribution in [2.75, 3.05) is 19.0 Å². The van der Waals surface area contributed by atoms with Crippen LogP contribution in [0.4, 0.5) is 14.5 Å². The van der Waals surface area contributed by atoms with E-state index in [1.165, 1.54) is 7.11 Å². The Morgan fingerprint density at radius 1 is 1.44 bits per heavy atom. The van der Waals surface area contributed by atoms with Gasteiger partial charge in [-0.25, -0.2) is 8.78 Å². The predicted molar refractivity (Wildman–Crippen MR) is 64.4 cm³/mol. The normalized spacial score (nSPS) is 12.1. The molecule has 1 rings (SSSR count). The van der Waals surface area contributed by atoms with Crippen molar-refractivity contribution < 1.29 is 18.3 Å². The molecule has 0 saturated carbocycles. The Balaban J connectivity index is 2.85. The molecule has 1 aromatic carbocycles. The summed E-state index contributed by atoms with van der Waals surface area (Å²) in [6.07, 6.45) is 0.478. The van der Waals surface area contributed by atoms with E-state index in [4.69, 9.17) is 5.73 Å². The summed E-state index contributed by atoms with van der Waals surface area (Å²) in [4.78, 5) is 11.6. The second-order valence-electron chi connectivity index (χ2n) is 3.93. The summed E-state index contributed by atoms with van der Waals surface area (Å²) in [6.45, 7) is 2.02. The van der Waals surface area contributed by atoms with Crippen LogP contribution in [0, 0.1) is 17.6 Å². The number of carbonyl (C=O) groups is 1. The van der Waals surface area contributed by atoms with Crippen molar-refractivity contribution >= 4 is 11.6 Å². The molecule has 0 aliphatic carbocycles. The lowest BCUT2D eigenvalue weighted by Gasteiger charge is -2.12. The van der Waals surface area contributed by atoms with Gasteiger partial charge in [0.2, 0.25) is 5.91 Å². The van der Waals surface area contributed by atoms with Crippen LogP contribution in [0.1, 0.15) is 13.3 Å². The Labute approximate surface area is 104 Å². The van der Waals surface area contributed by atoms with E-state index in [1.807, 2.05) is 0 Å². The van der Waals surface area contributed by atoms with E-state index in [0.29, 0.717) is 13.0 Å². The maximum Gasteiger partial charge on any atom is 0.227 e. The Hall–Kier alpha value is -1.69. The lowest BCUT2D eigenvalue weighted by Crippen LogP contribution is -2.23. The zero-order valence-corrected chi connectivity index (χ0v) is 10.3. The molecule has 1 aromatic rings. The minimum atomic E-state index is -0.749. The zero-order valence-electron chi connectivity index (χ0n) is 10.3. The highest BCUT2D eigenvalue weighted by molar-refractivity contribution is 5.92. The van der Waals surface area contributed by atoms with Crippen molar-refractivity contribution in [1.82, 2.24) is 0 Å². The monoisotopic (exact) mass is 258 g/mol. The van der Waals surface area contributed by atoms with E-state index in [2.05, 4.69) is 10.1 Å². The lowest BCUT2D eigenvalue weighted by molar-refractivity contribution is -0.119. The molecule has 0 bridgehead atoms. The fraction of sp³-hybridized carbons (Fsp3) is 0.417. The van der Waals surface area contributed by atoms with Crippen molar-refractivity contribution in [1.29, 1.82) is 0 Å². The van der Waals surface area contributed by atoms with Gasteiger partial charge in [0.15, 0.2) is 17.4 Å². The molecule has 0 radical (unpaired) electrons. The van der Waals surface area contributed by atoms with Gasteiger partial charge >= 0.3 is 0 Å². The van der Waals surface area contributed by atoms with E-state index in [0.717, 1.165) is 12.1 Å². The molecule has 1 unspecified atom stereocenters. The van der Waals surface area contributed by atoms with E-state index < -0.39 is 17.5 Å². The number of ether oxygens (including phenoxy) is 1. The van der Waals surface area contributed by atoms with Crippen LogP contribution < -0.4 is 15.8 Å². The molecule has 4 nitrogen and oxygen atoms in total. The summed E-state index contributed by atoms with van der Waals surface area (Å²) >= 11 is 0. The molecule has 6 heteroatoms. The number of carbonyl (C=O) groups excluding carboxylic acids is 1. The molecular weight excluding hydrogens is 242 g/mol. The Morgan fingerprint density at radius 3 is 2.67 bits per heavy atom. The number of anilines is 1. The molecule has 0 spiro atoms. The topological polar surface area (TPSA) is 64.3 Å². The van der Waals surface area contributed by atoms with Crippen LogP contribution in [0.5, 0.6) is 5.75 Å². The van der Waals surface area contributed by atoms with Crippen molar-refractivity contribution in [2.45, 2.75) is 13.3 Å². The van der Waals surface area contributed by atoms with Crippen LogP contribution in [0.15, 0.2) is 12.1 Å². The highest BCUT2D eigenvalue weighted by Crippen LogP contribution is 2.25. The van der Waals surface area contributed by atoms with Gasteiger partial charge < -0.3 is 15.8 Å². The third kappa shape index (κ3) is 3.40. The first-order valence-electron chi connectivity index (χ1n) is 5.53. The molecule has 0 saturated heterocycles. The summed E-state index contributed by atoms with van der Waals surface area (Å²) in [7, 11) is 1.24. The van der Waals surface area contributed by atoms with Crippen molar-refractivity contribution in [3.63, 3.8) is 0 Å². The van der Waals surface area contributed by atoms with Crippen LogP contribution >= 0.6 is 0 Å². The van der Waals surface area contributed by atoms with Crippen LogP contribution in [-0.4, -0.2) is 19.6 Å². The fourth-order valence-corrected chi connectivity index (χ4v) is 1.42. The van der Waals surface area contributed by atoms with Gasteiger partial charge in [0, 0.05) is 18.1 Å². The molecule has 0 aliphatic rings. The molecule has 0 aliphatic heterocycles. The number of amides is 1. The molecule has 0 heterocycles. The first-order valence-corrected chi connectivity index (χ1v) is 5.53. The van der Waals surface area contributed by atoms with Crippen LogP contribution in [0.3, 0.4) is 0 Å². The molecule has 100 valence electrons. The van der Waals surface area contributed by atoms with Gasteiger partial charge in [0.1, 0.15) is 0 Å². The number of hydrogen-bond donors (Lipinski definition) is 2. The van der Waals surface area contributed by atoms with E-state index in [1.54, 1.807) is 6.92 Å². The summed E-state index contributed by atoms with van der Waals surface area (Å²) in [5.74, 6) is -2.45. The van der Waals surface area contributed by atoms with Crippen molar-refractivity contribution in [3.05, 3.63) is 23.8 Å². The molecule has 1 atom stereocenters. The lowest BCUT2D eigenvalue weighted by atomic mass is 10.1. The van der Waals surface area contributed by atoms with Gasteiger partial charge in [-0.15, -0.1) is 0 Å². The molecule has 18 heavy (non-hydrogen) atoms. The maximum atomic E-state index is 13.5. The summed E-state index contributed by atoms with van der Waals surface area (Å²) in [5, 5.41) is 2.32. The average Bonchev–Trinajstić information content (AvgIpc) is 2.33. The number of methoxy groups -OCH3 is 1. The van der Waals surface area contributed by atoms with Crippen molar-refractivity contribution in [3.8, 4) is 5.75 Å². The van der Waals surface area contributed by atoms with Crippen molar-refractivity contribution in [2.24, 2.45) is 11.7 Å². The first-order chi connectivity index (χ1) is 8.49. The summed E-state index contributed by atoms with van der Waals surface area (Å²) < 4.78 is 31.5. The molecule has 3 N–H and O–H groups in total. The van der Waals surface area contributed by atoms with E-state index in [9.17, 15) is 13.6 Å². The minimum absolute atomic E-state index is 0.206. The Morgan fingerprint density at radius 2 is 2.11 bits per heavy atom. The number of benzene rings is 1. The average molecular weight is 258 g/mol. The van der Waals surface area contributed by atoms with Crippen LogP contribution in [0.25, 0.3) is 0 Å². The number of rotatable bonds is 5. The number of nitrogens with two attached hydrogens (primary N) is 1. The third-order valence-corrected chi connectivity index (χ3v) is 2.55. The summed E-state index contributed by atoms with van der Waals surface area (Å²) in [5.41, 5.74) is 5.12. The third-order valence-electron chi connectivity index (χ3n) is 2.55. The quantitative estimate of drug-likeness (QED) is 0.847. The Bertz CT molecular complexity index is 438. The van der Waals surface area contributed by atoms with Gasteiger partial charge in [0.25, 0.3) is 0 Å². The second-order valence-corrected chi connectivity index (χ2v) is 3.93. The molecule has 0 aromatic heterocycles. The summed E-state index contributed by atoms with van der Waals surface area (Å²) in [6, 6.07) is 1.78. The maximum absolute atomic E-state index is 13.5. The largest absolute Gasteiger partial charge is 0.494 e. The minimum Gasteiger partial charge on any atom is -0.494 e. The van der Waals surface area contributed by atoms with E-state index >= 15 is 0 Å². The molecule has 0 fully saturated rings. The highest BCUT2D eigenvalue weighted by Gasteiger charge is 2.16. The first kappa shape index (κ1) is 14.4. The highest BCUT2D eigenvalue weighted by atomic mass is 19.1. The molecule has 1 amide bonds. The van der Waals surface area contributed by atoms with Gasteiger partial charge in [-0.2, -0.15) is 0 Å². The van der Waals surface area contributed by atoms with Gasteiger partial charge in [0.05, 0.1) is 12.8 Å². The Kier molecular flexibility index (Phi) is 5.03. The van der Waals surface area contributed by atoms with Crippen LogP contribution in [0.2, 0.25) is 0 Å². The SMILES string of the molecule is COc1cc(F)c(NC(=O)C(C)CCN)cc1F. The van der Waals surface area contributed by atoms with Crippen LogP contribution in [-0.2, 0) is 4.79 Å².